The Kier molecular flexibility index (Phi) is 5.25. The van der Waals surface area contributed by atoms with Gasteiger partial charge < -0.3 is 15.3 Å². The lowest BCUT2D eigenvalue weighted by molar-refractivity contribution is -0.136. The van der Waals surface area contributed by atoms with E-state index in [1.165, 1.54) is 6.42 Å². The van der Waals surface area contributed by atoms with Gasteiger partial charge in [-0.3, -0.25) is 4.79 Å². The van der Waals surface area contributed by atoms with E-state index in [0.717, 1.165) is 19.4 Å². The number of nitrogens with zero attached hydrogens (tertiary/aromatic N) is 1. The fourth-order valence-electron chi connectivity index (χ4n) is 2.28. The Morgan fingerprint density at radius 2 is 2.12 bits per heavy atom. The fraction of sp³-hybridized carbons (Fsp3) is 0.833. The maximum atomic E-state index is 11.9. The van der Waals surface area contributed by atoms with Gasteiger partial charge in [0.25, 0.3) is 0 Å². The van der Waals surface area contributed by atoms with Crippen molar-refractivity contribution in [1.29, 1.82) is 0 Å². The normalized spacial score (nSPS) is 20.4. The first-order valence-corrected chi connectivity index (χ1v) is 6.28. The number of carbonyl (C=O) groups is 2. The summed E-state index contributed by atoms with van der Waals surface area (Å²) in [6.07, 6.45) is 3.23. The third-order valence-corrected chi connectivity index (χ3v) is 3.19. The number of likely N-dealkylation sites (tertiary alicyclic amines) is 1. The first-order valence-electron chi connectivity index (χ1n) is 6.28. The fourth-order valence-corrected chi connectivity index (χ4v) is 2.28. The van der Waals surface area contributed by atoms with E-state index in [2.05, 4.69) is 19.2 Å². The maximum Gasteiger partial charge on any atom is 0.317 e. The zero-order chi connectivity index (χ0) is 12.8. The maximum absolute atomic E-state index is 11.9. The number of amides is 2. The lowest BCUT2D eigenvalue weighted by atomic mass is 9.93. The van der Waals surface area contributed by atoms with Gasteiger partial charge in [0, 0.05) is 19.1 Å². The van der Waals surface area contributed by atoms with Gasteiger partial charge in [-0.15, -0.1) is 0 Å². The Bertz CT molecular complexity index is 279. The molecule has 0 radical (unpaired) electrons. The first kappa shape index (κ1) is 13.8. The molecule has 98 valence electrons. The summed E-state index contributed by atoms with van der Waals surface area (Å²) in [5, 5.41) is 11.2. The van der Waals surface area contributed by atoms with Crippen LogP contribution in [-0.2, 0) is 4.79 Å². The molecule has 5 heteroatoms. The highest BCUT2D eigenvalue weighted by Gasteiger charge is 2.28. The van der Waals surface area contributed by atoms with Gasteiger partial charge in [-0.05, 0) is 25.2 Å². The number of urea groups is 1. The molecule has 17 heavy (non-hydrogen) atoms. The molecule has 0 spiro atoms. The van der Waals surface area contributed by atoms with E-state index in [1.807, 2.05) is 4.90 Å². The molecule has 0 bridgehead atoms. The van der Waals surface area contributed by atoms with Crippen molar-refractivity contribution in [2.45, 2.75) is 45.6 Å². The lowest BCUT2D eigenvalue weighted by Gasteiger charge is -2.38. The molecule has 1 aliphatic heterocycles. The standard InChI is InChI=1S/C12H22N2O3/c1-9(2)10-5-3-4-8-14(10)12(17)13-7-6-11(15)16/h9-10H,3-8H2,1-2H3,(H,13,17)(H,15,16). The van der Waals surface area contributed by atoms with Crippen LogP contribution in [0.15, 0.2) is 0 Å². The summed E-state index contributed by atoms with van der Waals surface area (Å²) in [5.41, 5.74) is 0. The second kappa shape index (κ2) is 6.47. The summed E-state index contributed by atoms with van der Waals surface area (Å²) in [6, 6.07) is 0.165. The van der Waals surface area contributed by atoms with Crippen LogP contribution in [0, 0.1) is 5.92 Å². The third kappa shape index (κ3) is 4.24. The molecule has 2 amide bonds. The van der Waals surface area contributed by atoms with E-state index in [-0.39, 0.29) is 25.0 Å². The molecule has 1 fully saturated rings. The number of nitrogens with one attached hydrogen (secondary N) is 1. The topological polar surface area (TPSA) is 69.6 Å². The van der Waals surface area contributed by atoms with Crippen LogP contribution in [0.5, 0.6) is 0 Å². The minimum atomic E-state index is -0.885. The molecule has 1 rings (SSSR count). The van der Waals surface area contributed by atoms with Crippen molar-refractivity contribution in [3.05, 3.63) is 0 Å². The van der Waals surface area contributed by atoms with Crippen LogP contribution in [0.1, 0.15) is 39.5 Å². The van der Waals surface area contributed by atoms with Crippen molar-refractivity contribution in [3.8, 4) is 0 Å². The summed E-state index contributed by atoms with van der Waals surface area (Å²) in [4.78, 5) is 24.1. The molecular formula is C12H22N2O3. The van der Waals surface area contributed by atoms with Crippen LogP contribution < -0.4 is 5.32 Å². The molecule has 1 saturated heterocycles. The summed E-state index contributed by atoms with van der Waals surface area (Å²) in [5.74, 6) is -0.440. The molecule has 2 N–H and O–H groups in total. The minimum absolute atomic E-state index is 0.0219. The lowest BCUT2D eigenvalue weighted by Crippen LogP contribution is -2.50. The van der Waals surface area contributed by atoms with Crippen LogP contribution in [-0.4, -0.2) is 41.1 Å². The van der Waals surface area contributed by atoms with E-state index < -0.39 is 5.97 Å². The van der Waals surface area contributed by atoms with E-state index in [9.17, 15) is 9.59 Å². The van der Waals surface area contributed by atoms with E-state index in [1.54, 1.807) is 0 Å². The highest BCUT2D eigenvalue weighted by atomic mass is 16.4. The predicted octanol–water partition coefficient (Wildman–Crippen LogP) is 1.68. The second-order valence-electron chi connectivity index (χ2n) is 4.88. The highest BCUT2D eigenvalue weighted by Crippen LogP contribution is 2.22. The van der Waals surface area contributed by atoms with Crippen molar-refractivity contribution in [3.63, 3.8) is 0 Å². The molecular weight excluding hydrogens is 220 g/mol. The Balaban J connectivity index is 2.44. The highest BCUT2D eigenvalue weighted by molar-refractivity contribution is 5.75. The zero-order valence-electron chi connectivity index (χ0n) is 10.6. The molecule has 0 aromatic rings. The SMILES string of the molecule is CC(C)C1CCCCN1C(=O)NCCC(=O)O. The summed E-state index contributed by atoms with van der Waals surface area (Å²) >= 11 is 0. The minimum Gasteiger partial charge on any atom is -0.481 e. The molecule has 0 saturated carbocycles. The van der Waals surface area contributed by atoms with Crippen molar-refractivity contribution in [2.75, 3.05) is 13.1 Å². The van der Waals surface area contributed by atoms with Gasteiger partial charge >= 0.3 is 12.0 Å². The second-order valence-corrected chi connectivity index (χ2v) is 4.88. The van der Waals surface area contributed by atoms with Gasteiger partial charge in [0.15, 0.2) is 0 Å². The first-order chi connectivity index (χ1) is 8.02. The van der Waals surface area contributed by atoms with Gasteiger partial charge in [-0.2, -0.15) is 0 Å². The summed E-state index contributed by atoms with van der Waals surface area (Å²) < 4.78 is 0. The van der Waals surface area contributed by atoms with Crippen LogP contribution in [0.3, 0.4) is 0 Å². The van der Waals surface area contributed by atoms with Gasteiger partial charge in [-0.25, -0.2) is 4.79 Å². The molecule has 1 atom stereocenters. The number of hydrogen-bond donors (Lipinski definition) is 2. The van der Waals surface area contributed by atoms with Crippen molar-refractivity contribution >= 4 is 12.0 Å². The quantitative estimate of drug-likeness (QED) is 0.788. The number of carbonyl (C=O) groups excluding carboxylic acids is 1. The Labute approximate surface area is 102 Å². The van der Waals surface area contributed by atoms with E-state index >= 15 is 0 Å². The monoisotopic (exact) mass is 242 g/mol. The van der Waals surface area contributed by atoms with Crippen molar-refractivity contribution in [1.82, 2.24) is 10.2 Å². The number of rotatable bonds is 4. The average molecular weight is 242 g/mol. The van der Waals surface area contributed by atoms with Crippen LogP contribution in [0.25, 0.3) is 0 Å². The molecule has 1 unspecified atom stereocenters. The zero-order valence-corrected chi connectivity index (χ0v) is 10.6. The molecule has 0 aromatic carbocycles. The number of aliphatic carboxylic acids is 1. The average Bonchev–Trinajstić information content (AvgIpc) is 2.28. The Morgan fingerprint density at radius 3 is 2.71 bits per heavy atom. The Hall–Kier alpha value is -1.26. The third-order valence-electron chi connectivity index (χ3n) is 3.19. The van der Waals surface area contributed by atoms with Crippen LogP contribution in [0.2, 0.25) is 0 Å². The van der Waals surface area contributed by atoms with E-state index in [0.29, 0.717) is 5.92 Å². The van der Waals surface area contributed by atoms with Crippen molar-refractivity contribution in [2.24, 2.45) is 5.92 Å². The number of carboxylic acids is 1. The molecule has 0 aromatic heterocycles. The predicted molar refractivity (Wildman–Crippen MR) is 64.8 cm³/mol. The van der Waals surface area contributed by atoms with Gasteiger partial charge in [0.1, 0.15) is 0 Å². The largest absolute Gasteiger partial charge is 0.481 e. The van der Waals surface area contributed by atoms with Gasteiger partial charge in [-0.1, -0.05) is 13.8 Å². The summed E-state index contributed by atoms with van der Waals surface area (Å²) in [7, 11) is 0. The van der Waals surface area contributed by atoms with E-state index in [4.69, 9.17) is 5.11 Å². The molecule has 1 heterocycles. The van der Waals surface area contributed by atoms with Crippen molar-refractivity contribution < 1.29 is 14.7 Å². The number of piperidine rings is 1. The smallest absolute Gasteiger partial charge is 0.317 e. The number of carboxylic acid groups (broad SMARTS) is 1. The van der Waals surface area contributed by atoms with Gasteiger partial charge in [0.05, 0.1) is 6.42 Å². The van der Waals surface area contributed by atoms with Crippen LogP contribution in [0.4, 0.5) is 4.79 Å². The summed E-state index contributed by atoms with van der Waals surface area (Å²) in [6.45, 7) is 5.22. The van der Waals surface area contributed by atoms with Gasteiger partial charge in [0.2, 0.25) is 0 Å². The number of hydrogen-bond acceptors (Lipinski definition) is 2. The Morgan fingerprint density at radius 1 is 1.41 bits per heavy atom. The molecule has 0 aliphatic carbocycles. The molecule has 5 nitrogen and oxygen atoms in total. The molecule has 1 aliphatic rings. The van der Waals surface area contributed by atoms with Crippen LogP contribution >= 0.6 is 0 Å².